The lowest BCUT2D eigenvalue weighted by Crippen LogP contribution is -2.58. The largest absolute Gasteiger partial charge is 0.342 e. The Hall–Kier alpha value is -2.11. The third-order valence-electron chi connectivity index (χ3n) is 4.21. The van der Waals surface area contributed by atoms with E-state index >= 15 is 0 Å². The van der Waals surface area contributed by atoms with Gasteiger partial charge in [-0.2, -0.15) is 0 Å². The lowest BCUT2D eigenvalue weighted by Gasteiger charge is -2.38. The van der Waals surface area contributed by atoms with E-state index in [1.165, 1.54) is 12.1 Å². The quantitative estimate of drug-likeness (QED) is 0.824. The van der Waals surface area contributed by atoms with Crippen LogP contribution in [-0.4, -0.2) is 58.9 Å². The number of hydrogen-bond donors (Lipinski definition) is 0. The Balaban J connectivity index is 1.78. The van der Waals surface area contributed by atoms with Gasteiger partial charge >= 0.3 is 6.03 Å². The maximum Gasteiger partial charge on any atom is 0.321 e. The average Bonchev–Trinajstić information content (AvgIpc) is 2.73. The Kier molecular flexibility index (Phi) is 3.31. The topological polar surface area (TPSA) is 43.9 Å². The van der Waals surface area contributed by atoms with Gasteiger partial charge in [0, 0.05) is 26.7 Å². The lowest BCUT2D eigenvalue weighted by atomic mass is 10.1. The Morgan fingerprint density at radius 3 is 2.76 bits per heavy atom. The molecule has 0 radical (unpaired) electrons. The van der Waals surface area contributed by atoms with Crippen molar-refractivity contribution in [3.05, 3.63) is 35.6 Å². The minimum absolute atomic E-state index is 0.0174. The standard InChI is InChI=1S/C15H18FN3O2/c1-10-14(20)17(2)8-13-9-18(15(21)19(10)13)7-11-4-3-5-12(16)6-11/h3-6,10,13H,7-9H2,1-2H3/t10-,13-/m0/s1. The Bertz CT molecular complexity index is 592. The van der Waals surface area contributed by atoms with Gasteiger partial charge in [0.1, 0.15) is 11.9 Å². The van der Waals surface area contributed by atoms with Gasteiger partial charge in [-0.1, -0.05) is 12.1 Å². The number of fused-ring (bicyclic) bond motifs is 1. The average molecular weight is 291 g/mol. The highest BCUT2D eigenvalue weighted by Crippen LogP contribution is 2.26. The number of likely N-dealkylation sites (N-methyl/N-ethyl adjacent to an activating group) is 1. The van der Waals surface area contributed by atoms with E-state index in [4.69, 9.17) is 0 Å². The van der Waals surface area contributed by atoms with Gasteiger partial charge in [0.15, 0.2) is 0 Å². The van der Waals surface area contributed by atoms with Crippen LogP contribution in [0.4, 0.5) is 9.18 Å². The van der Waals surface area contributed by atoms with Crippen molar-refractivity contribution >= 4 is 11.9 Å². The molecule has 5 nitrogen and oxygen atoms in total. The predicted octanol–water partition coefficient (Wildman–Crippen LogP) is 1.29. The Morgan fingerprint density at radius 1 is 1.29 bits per heavy atom. The molecule has 2 saturated heterocycles. The van der Waals surface area contributed by atoms with Crippen LogP contribution in [0.15, 0.2) is 24.3 Å². The summed E-state index contributed by atoms with van der Waals surface area (Å²) in [6.45, 7) is 3.24. The molecule has 1 aromatic rings. The van der Waals surface area contributed by atoms with Crippen LogP contribution < -0.4 is 0 Å². The van der Waals surface area contributed by atoms with Gasteiger partial charge in [0.25, 0.3) is 0 Å². The number of hydrogen-bond acceptors (Lipinski definition) is 2. The number of urea groups is 1. The molecular weight excluding hydrogens is 273 g/mol. The summed E-state index contributed by atoms with van der Waals surface area (Å²) in [7, 11) is 1.76. The summed E-state index contributed by atoms with van der Waals surface area (Å²) in [5.41, 5.74) is 0.760. The molecule has 0 aliphatic carbocycles. The number of carbonyl (C=O) groups excluding carboxylic acids is 2. The van der Waals surface area contributed by atoms with Gasteiger partial charge in [0.05, 0.1) is 6.04 Å². The molecule has 6 heteroatoms. The number of piperazine rings is 1. The van der Waals surface area contributed by atoms with Gasteiger partial charge in [-0.15, -0.1) is 0 Å². The van der Waals surface area contributed by atoms with Gasteiger partial charge in [-0.25, -0.2) is 9.18 Å². The number of amides is 3. The van der Waals surface area contributed by atoms with Crippen LogP contribution in [0.25, 0.3) is 0 Å². The van der Waals surface area contributed by atoms with Crippen LogP contribution in [0.2, 0.25) is 0 Å². The third-order valence-corrected chi connectivity index (χ3v) is 4.21. The first-order valence-electron chi connectivity index (χ1n) is 7.04. The molecular formula is C15H18FN3O2. The van der Waals surface area contributed by atoms with Crippen molar-refractivity contribution in [2.45, 2.75) is 25.6 Å². The highest BCUT2D eigenvalue weighted by molar-refractivity contribution is 5.89. The summed E-state index contributed by atoms with van der Waals surface area (Å²) in [5, 5.41) is 0. The zero-order valence-electron chi connectivity index (χ0n) is 12.1. The molecule has 2 aliphatic heterocycles. The van der Waals surface area contributed by atoms with Crippen LogP contribution in [0, 0.1) is 5.82 Å². The maximum absolute atomic E-state index is 13.2. The van der Waals surface area contributed by atoms with Crippen molar-refractivity contribution in [2.24, 2.45) is 0 Å². The van der Waals surface area contributed by atoms with Crippen molar-refractivity contribution < 1.29 is 14.0 Å². The molecule has 1 aromatic carbocycles. The molecule has 21 heavy (non-hydrogen) atoms. The van der Waals surface area contributed by atoms with Gasteiger partial charge in [-0.05, 0) is 24.6 Å². The molecule has 0 saturated carbocycles. The van der Waals surface area contributed by atoms with E-state index in [1.807, 2.05) is 0 Å². The number of benzene rings is 1. The summed E-state index contributed by atoms with van der Waals surface area (Å²) in [4.78, 5) is 29.5. The van der Waals surface area contributed by atoms with Crippen LogP contribution in [0.1, 0.15) is 12.5 Å². The summed E-state index contributed by atoms with van der Waals surface area (Å²) in [6.07, 6.45) is 0. The smallest absolute Gasteiger partial charge is 0.321 e. The Morgan fingerprint density at radius 2 is 2.05 bits per heavy atom. The minimum Gasteiger partial charge on any atom is -0.342 e. The van der Waals surface area contributed by atoms with Crippen LogP contribution in [0.3, 0.4) is 0 Å². The predicted molar refractivity (Wildman–Crippen MR) is 74.9 cm³/mol. The number of rotatable bonds is 2. The molecule has 3 amide bonds. The van der Waals surface area contributed by atoms with Crippen LogP contribution in [0.5, 0.6) is 0 Å². The first kappa shape index (κ1) is 13.9. The summed E-state index contributed by atoms with van der Waals surface area (Å²) >= 11 is 0. The molecule has 0 unspecified atom stereocenters. The zero-order chi connectivity index (χ0) is 15.1. The molecule has 2 aliphatic rings. The molecule has 2 atom stereocenters. The van der Waals surface area contributed by atoms with Gasteiger partial charge < -0.3 is 14.7 Å². The van der Waals surface area contributed by atoms with E-state index < -0.39 is 6.04 Å². The van der Waals surface area contributed by atoms with E-state index in [0.29, 0.717) is 19.6 Å². The minimum atomic E-state index is -0.432. The fourth-order valence-electron chi connectivity index (χ4n) is 3.20. The molecule has 2 fully saturated rings. The second kappa shape index (κ2) is 5.02. The molecule has 2 heterocycles. The Labute approximate surface area is 122 Å². The SMILES string of the molecule is C[C@H]1C(=O)N(C)C[C@H]2CN(Cc3cccc(F)c3)C(=O)N21. The third kappa shape index (κ3) is 2.34. The molecule has 0 bridgehead atoms. The van der Waals surface area contributed by atoms with Crippen molar-refractivity contribution in [3.8, 4) is 0 Å². The normalized spacial score (nSPS) is 25.6. The van der Waals surface area contributed by atoms with Crippen molar-refractivity contribution in [1.82, 2.24) is 14.7 Å². The van der Waals surface area contributed by atoms with E-state index in [0.717, 1.165) is 5.56 Å². The summed E-state index contributed by atoms with van der Waals surface area (Å²) in [5.74, 6) is -0.340. The second-order valence-electron chi connectivity index (χ2n) is 5.75. The number of nitrogens with zero attached hydrogens (tertiary/aromatic N) is 3. The number of carbonyl (C=O) groups is 2. The van der Waals surface area contributed by atoms with E-state index in [1.54, 1.807) is 40.8 Å². The molecule has 0 aromatic heterocycles. The lowest BCUT2D eigenvalue weighted by molar-refractivity contribution is -0.139. The van der Waals surface area contributed by atoms with E-state index in [2.05, 4.69) is 0 Å². The molecule has 3 rings (SSSR count). The highest BCUT2D eigenvalue weighted by Gasteiger charge is 2.46. The van der Waals surface area contributed by atoms with Crippen LogP contribution >= 0.6 is 0 Å². The summed E-state index contributed by atoms with van der Waals surface area (Å²) < 4.78 is 13.2. The van der Waals surface area contributed by atoms with Crippen LogP contribution in [-0.2, 0) is 11.3 Å². The van der Waals surface area contributed by atoms with Crippen molar-refractivity contribution in [2.75, 3.05) is 20.1 Å². The van der Waals surface area contributed by atoms with Gasteiger partial charge in [0.2, 0.25) is 5.91 Å². The van der Waals surface area contributed by atoms with Crippen molar-refractivity contribution in [1.29, 1.82) is 0 Å². The number of halogens is 1. The molecule has 0 spiro atoms. The summed E-state index contributed by atoms with van der Waals surface area (Å²) in [6, 6.07) is 5.70. The van der Waals surface area contributed by atoms with Gasteiger partial charge in [-0.3, -0.25) is 4.79 Å². The first-order chi connectivity index (χ1) is 9.97. The second-order valence-corrected chi connectivity index (χ2v) is 5.75. The highest BCUT2D eigenvalue weighted by atomic mass is 19.1. The first-order valence-corrected chi connectivity index (χ1v) is 7.04. The molecule has 0 N–H and O–H groups in total. The maximum atomic E-state index is 13.2. The van der Waals surface area contributed by atoms with E-state index in [9.17, 15) is 14.0 Å². The fraction of sp³-hybridized carbons (Fsp3) is 0.467. The van der Waals surface area contributed by atoms with Crippen molar-refractivity contribution in [3.63, 3.8) is 0 Å². The fourth-order valence-corrected chi connectivity index (χ4v) is 3.20. The zero-order valence-corrected chi connectivity index (χ0v) is 12.1. The molecule has 112 valence electrons. The monoisotopic (exact) mass is 291 g/mol. The van der Waals surface area contributed by atoms with E-state index in [-0.39, 0.29) is 23.8 Å².